The van der Waals surface area contributed by atoms with Gasteiger partial charge < -0.3 is 15.4 Å². The van der Waals surface area contributed by atoms with Crippen LogP contribution in [0.15, 0.2) is 71.6 Å². The van der Waals surface area contributed by atoms with E-state index in [0.717, 1.165) is 0 Å². The average Bonchev–Trinajstić information content (AvgIpc) is 2.87. The van der Waals surface area contributed by atoms with Gasteiger partial charge in [-0.1, -0.05) is 56.3 Å². The number of carbonyl (C=O) groups is 2. The minimum absolute atomic E-state index is 0.171. The van der Waals surface area contributed by atoms with Crippen LogP contribution in [0.5, 0.6) is 0 Å². The monoisotopic (exact) mass is 495 g/mol. The molecule has 0 aromatic heterocycles. The second-order valence-electron chi connectivity index (χ2n) is 8.72. The first-order chi connectivity index (χ1) is 16.8. The van der Waals surface area contributed by atoms with E-state index in [4.69, 9.17) is 4.74 Å². The van der Waals surface area contributed by atoms with E-state index in [0.29, 0.717) is 48.3 Å². The highest BCUT2D eigenvalue weighted by atomic mass is 32.2. The van der Waals surface area contributed by atoms with Crippen molar-refractivity contribution in [3.8, 4) is 0 Å². The molecule has 1 atom stereocenters. The van der Waals surface area contributed by atoms with Gasteiger partial charge in [0.25, 0.3) is 5.91 Å². The summed E-state index contributed by atoms with van der Waals surface area (Å²) in [5.41, 5.74) is 0.945. The minimum atomic E-state index is -3.73. The van der Waals surface area contributed by atoms with Crippen LogP contribution >= 0.6 is 0 Å². The second kappa shape index (κ2) is 10.6. The maximum Gasteiger partial charge on any atom is 0.251 e. The Kier molecular flexibility index (Phi) is 7.49. The van der Waals surface area contributed by atoms with Crippen molar-refractivity contribution in [2.24, 2.45) is 5.92 Å². The number of hydrogen-bond donors (Lipinski definition) is 2. The smallest absolute Gasteiger partial charge is 0.251 e. The number of fused-ring (bicyclic) bond motifs is 1. The summed E-state index contributed by atoms with van der Waals surface area (Å²) in [6, 6.07) is 18.1. The summed E-state index contributed by atoms with van der Waals surface area (Å²) in [5, 5.41) is 6.84. The first-order valence-corrected chi connectivity index (χ1v) is 13.0. The van der Waals surface area contributed by atoms with Gasteiger partial charge in [-0.3, -0.25) is 9.59 Å². The van der Waals surface area contributed by atoms with E-state index in [1.165, 1.54) is 4.31 Å². The van der Waals surface area contributed by atoms with Crippen LogP contribution in [0.2, 0.25) is 0 Å². The maximum absolute atomic E-state index is 13.3. The molecule has 0 spiro atoms. The molecule has 8 nitrogen and oxygen atoms in total. The number of hydrogen-bond acceptors (Lipinski definition) is 5. The molecule has 35 heavy (non-hydrogen) atoms. The molecule has 0 saturated carbocycles. The van der Waals surface area contributed by atoms with Gasteiger partial charge in [-0.15, -0.1) is 0 Å². The molecule has 2 N–H and O–H groups in total. The van der Waals surface area contributed by atoms with E-state index in [2.05, 4.69) is 10.6 Å². The molecule has 2 amide bonds. The number of rotatable bonds is 7. The van der Waals surface area contributed by atoms with Crippen molar-refractivity contribution in [1.82, 2.24) is 9.62 Å². The van der Waals surface area contributed by atoms with E-state index in [1.54, 1.807) is 60.7 Å². The van der Waals surface area contributed by atoms with Crippen LogP contribution in [0.3, 0.4) is 0 Å². The molecule has 4 rings (SSSR count). The molecule has 3 aromatic carbocycles. The minimum Gasteiger partial charge on any atom is -0.379 e. The number of ether oxygens (including phenoxy) is 1. The predicted molar refractivity (Wildman–Crippen MR) is 135 cm³/mol. The topological polar surface area (TPSA) is 105 Å². The van der Waals surface area contributed by atoms with Crippen LogP contribution in [0.25, 0.3) is 10.8 Å². The average molecular weight is 496 g/mol. The third-order valence-electron chi connectivity index (χ3n) is 6.00. The third-order valence-corrected chi connectivity index (χ3v) is 7.96. The van der Waals surface area contributed by atoms with Crippen LogP contribution in [0, 0.1) is 5.92 Å². The van der Waals surface area contributed by atoms with Crippen molar-refractivity contribution < 1.29 is 22.7 Å². The van der Waals surface area contributed by atoms with Gasteiger partial charge in [-0.25, -0.2) is 8.42 Å². The molecule has 1 aliphatic heterocycles. The molecule has 1 heterocycles. The Morgan fingerprint density at radius 3 is 2.23 bits per heavy atom. The summed E-state index contributed by atoms with van der Waals surface area (Å²) >= 11 is 0. The standard InChI is InChI=1S/C26H29N3O5S/c1-18(2)24(28-25(30)19-8-4-3-5-9-19)26(31)27-22-12-6-11-21-20(22)10-7-13-23(21)35(32,33)29-14-16-34-17-15-29/h3-13,18,24H,14-17H2,1-2H3,(H,27,31)(H,28,30). The summed E-state index contributed by atoms with van der Waals surface area (Å²) in [5.74, 6) is -0.885. The van der Waals surface area contributed by atoms with Crippen molar-refractivity contribution in [2.75, 3.05) is 31.6 Å². The van der Waals surface area contributed by atoms with Gasteiger partial charge in [0.15, 0.2) is 0 Å². The largest absolute Gasteiger partial charge is 0.379 e. The number of amides is 2. The summed E-state index contributed by atoms with van der Waals surface area (Å²) in [7, 11) is -3.73. The van der Waals surface area contributed by atoms with Gasteiger partial charge in [0.2, 0.25) is 15.9 Å². The van der Waals surface area contributed by atoms with Crippen molar-refractivity contribution in [3.63, 3.8) is 0 Å². The lowest BCUT2D eigenvalue weighted by molar-refractivity contribution is -0.118. The van der Waals surface area contributed by atoms with Gasteiger partial charge in [-0.05, 0) is 30.2 Å². The van der Waals surface area contributed by atoms with Crippen molar-refractivity contribution in [2.45, 2.75) is 24.8 Å². The summed E-state index contributed by atoms with van der Waals surface area (Å²) in [6.45, 7) is 5.02. The molecule has 0 radical (unpaired) electrons. The van der Waals surface area contributed by atoms with Crippen molar-refractivity contribution in [1.29, 1.82) is 0 Å². The lowest BCUT2D eigenvalue weighted by Gasteiger charge is -2.26. The molecule has 1 fully saturated rings. The molecular formula is C26H29N3O5S. The van der Waals surface area contributed by atoms with E-state index in [-0.39, 0.29) is 22.6 Å². The number of nitrogens with one attached hydrogen (secondary N) is 2. The Balaban J connectivity index is 1.62. The Morgan fingerprint density at radius 2 is 1.54 bits per heavy atom. The zero-order chi connectivity index (χ0) is 25.0. The molecule has 9 heteroatoms. The zero-order valence-corrected chi connectivity index (χ0v) is 20.5. The Bertz CT molecular complexity index is 1320. The second-order valence-corrected chi connectivity index (χ2v) is 10.6. The molecule has 1 saturated heterocycles. The fourth-order valence-electron chi connectivity index (χ4n) is 4.10. The molecule has 0 bridgehead atoms. The number of carbonyl (C=O) groups excluding carboxylic acids is 2. The van der Waals surface area contributed by atoms with Gasteiger partial charge in [-0.2, -0.15) is 4.31 Å². The number of benzene rings is 3. The molecule has 3 aromatic rings. The van der Waals surface area contributed by atoms with Crippen molar-refractivity contribution >= 4 is 38.3 Å². The number of morpholine rings is 1. The lowest BCUT2D eigenvalue weighted by Crippen LogP contribution is -2.47. The van der Waals surface area contributed by atoms with E-state index < -0.39 is 16.1 Å². The highest BCUT2D eigenvalue weighted by Gasteiger charge is 2.29. The van der Waals surface area contributed by atoms with Crippen LogP contribution in [-0.2, 0) is 19.6 Å². The molecule has 1 aliphatic rings. The van der Waals surface area contributed by atoms with Gasteiger partial charge >= 0.3 is 0 Å². The SMILES string of the molecule is CC(C)C(NC(=O)c1ccccc1)C(=O)Nc1cccc2c(S(=O)(=O)N3CCOCC3)cccc12. The molecule has 184 valence electrons. The molecule has 0 aliphatic carbocycles. The van der Waals surface area contributed by atoms with Crippen molar-refractivity contribution in [3.05, 3.63) is 72.3 Å². The normalized spacial score (nSPS) is 15.6. The fourth-order valence-corrected chi connectivity index (χ4v) is 5.72. The maximum atomic E-state index is 13.3. The quantitative estimate of drug-likeness (QED) is 0.524. The van der Waals surface area contributed by atoms with Gasteiger partial charge in [0, 0.05) is 35.1 Å². The van der Waals surface area contributed by atoms with Crippen LogP contribution in [-0.4, -0.2) is 56.9 Å². The van der Waals surface area contributed by atoms with Crippen LogP contribution < -0.4 is 10.6 Å². The third kappa shape index (κ3) is 5.37. The lowest BCUT2D eigenvalue weighted by atomic mass is 10.0. The predicted octanol–water partition coefficient (Wildman–Crippen LogP) is 3.25. The van der Waals surface area contributed by atoms with E-state index in [1.807, 2.05) is 19.9 Å². The Labute approximate surface area is 205 Å². The number of nitrogens with zero attached hydrogens (tertiary/aromatic N) is 1. The van der Waals surface area contributed by atoms with E-state index in [9.17, 15) is 18.0 Å². The Morgan fingerprint density at radius 1 is 0.886 bits per heavy atom. The fraction of sp³-hybridized carbons (Fsp3) is 0.308. The van der Waals surface area contributed by atoms with E-state index >= 15 is 0 Å². The first kappa shape index (κ1) is 24.8. The summed E-state index contributed by atoms with van der Waals surface area (Å²) in [6.07, 6.45) is 0. The Hall–Kier alpha value is -3.27. The van der Waals surface area contributed by atoms with Crippen LogP contribution in [0.1, 0.15) is 24.2 Å². The summed E-state index contributed by atoms with van der Waals surface area (Å²) in [4.78, 5) is 26.1. The highest BCUT2D eigenvalue weighted by Crippen LogP contribution is 2.31. The van der Waals surface area contributed by atoms with Crippen LogP contribution in [0.4, 0.5) is 5.69 Å². The molecule has 1 unspecified atom stereocenters. The number of anilines is 1. The zero-order valence-electron chi connectivity index (χ0n) is 19.7. The van der Waals surface area contributed by atoms with Gasteiger partial charge in [0.05, 0.1) is 18.1 Å². The first-order valence-electron chi connectivity index (χ1n) is 11.6. The highest BCUT2D eigenvalue weighted by molar-refractivity contribution is 7.89. The summed E-state index contributed by atoms with van der Waals surface area (Å²) < 4.78 is 33.4. The number of sulfonamides is 1. The van der Waals surface area contributed by atoms with Gasteiger partial charge in [0.1, 0.15) is 6.04 Å². The molecular weight excluding hydrogens is 466 g/mol.